The highest BCUT2D eigenvalue weighted by atomic mass is 28.4. The first-order valence-corrected chi connectivity index (χ1v) is 23.5. The summed E-state index contributed by atoms with van der Waals surface area (Å²) in [5.74, 6) is 1.19. The quantitative estimate of drug-likeness (QED) is 0.190. The zero-order chi connectivity index (χ0) is 33.5. The summed E-state index contributed by atoms with van der Waals surface area (Å²) < 4.78 is 14.2. The maximum absolute atomic E-state index is 10.5. The molecule has 0 amide bonds. The zero-order valence-electron chi connectivity index (χ0n) is 31.2. The molecule has 0 radical (unpaired) electrons. The number of rotatable bonds is 10. The van der Waals surface area contributed by atoms with Crippen LogP contribution in [-0.2, 0) is 8.85 Å². The third-order valence-electron chi connectivity index (χ3n) is 12.4. The summed E-state index contributed by atoms with van der Waals surface area (Å²) in [6, 6.07) is 0. The summed E-state index contributed by atoms with van der Waals surface area (Å²) in [6.45, 7) is 38.8. The first-order valence-electron chi connectivity index (χ1n) is 17.7. The van der Waals surface area contributed by atoms with E-state index in [0.29, 0.717) is 11.8 Å². The molecule has 44 heavy (non-hydrogen) atoms. The molecule has 3 fully saturated rings. The van der Waals surface area contributed by atoms with Gasteiger partial charge in [0.1, 0.15) is 0 Å². The van der Waals surface area contributed by atoms with Gasteiger partial charge in [0.15, 0.2) is 16.6 Å². The Hall–Kier alpha value is -0.726. The van der Waals surface area contributed by atoms with Gasteiger partial charge < -0.3 is 14.0 Å². The molecule has 3 saturated carbocycles. The van der Waals surface area contributed by atoms with Crippen molar-refractivity contribution in [2.24, 2.45) is 17.3 Å². The predicted octanol–water partition coefficient (Wildman–Crippen LogP) is 11.7. The molecule has 0 aromatic heterocycles. The predicted molar refractivity (Wildman–Crippen MR) is 196 cm³/mol. The normalized spacial score (nSPS) is 31.1. The molecule has 1 N–H and O–H groups in total. The molecule has 0 aromatic rings. The SMILES string of the molecule is C=C1/C(=C\C=C2/CCC[C@]3(CCCC(C)(C)O)[C@@H](C(=C)C)CC[C@@H]23)C[C@@H](O[Si](C)(C)C(C)(C)C)C[C@@H]1O[Si](C)(C)C(C)(C)C. The Bertz CT molecular complexity index is 1110. The van der Waals surface area contributed by atoms with Crippen LogP contribution in [0.3, 0.4) is 0 Å². The first-order chi connectivity index (χ1) is 19.9. The van der Waals surface area contributed by atoms with E-state index >= 15 is 0 Å². The molecule has 0 aromatic carbocycles. The summed E-state index contributed by atoms with van der Waals surface area (Å²) in [6.07, 6.45) is 16.2. The largest absolute Gasteiger partial charge is 0.413 e. The van der Waals surface area contributed by atoms with Crippen LogP contribution in [0, 0.1) is 17.3 Å². The van der Waals surface area contributed by atoms with Gasteiger partial charge in [-0.25, -0.2) is 0 Å². The minimum atomic E-state index is -1.99. The summed E-state index contributed by atoms with van der Waals surface area (Å²) in [5, 5.41) is 10.8. The average Bonchev–Trinajstić information content (AvgIpc) is 3.22. The molecule has 3 rings (SSSR count). The van der Waals surface area contributed by atoms with Crippen LogP contribution >= 0.6 is 0 Å². The van der Waals surface area contributed by atoms with E-state index in [1.165, 1.54) is 55.2 Å². The number of allylic oxidation sites excluding steroid dienone is 4. The second-order valence-corrected chi connectivity index (χ2v) is 28.1. The Morgan fingerprint density at radius 2 is 1.55 bits per heavy atom. The minimum absolute atomic E-state index is 0.00983. The smallest absolute Gasteiger partial charge is 0.192 e. The van der Waals surface area contributed by atoms with E-state index in [1.807, 2.05) is 13.8 Å². The van der Waals surface area contributed by atoms with Crippen LogP contribution in [-0.4, -0.2) is 39.6 Å². The van der Waals surface area contributed by atoms with E-state index in [4.69, 9.17) is 8.85 Å². The van der Waals surface area contributed by atoms with Gasteiger partial charge in [0.25, 0.3) is 0 Å². The van der Waals surface area contributed by atoms with Gasteiger partial charge in [-0.05, 0) is 137 Å². The highest BCUT2D eigenvalue weighted by Crippen LogP contribution is 2.62. The van der Waals surface area contributed by atoms with E-state index in [2.05, 4.69) is 100.0 Å². The molecule has 3 aliphatic carbocycles. The number of aliphatic hydroxyl groups is 1. The summed E-state index contributed by atoms with van der Waals surface area (Å²) in [4.78, 5) is 0. The topological polar surface area (TPSA) is 38.7 Å². The second kappa shape index (κ2) is 13.4. The summed E-state index contributed by atoms with van der Waals surface area (Å²) >= 11 is 0. The van der Waals surface area contributed by atoms with Crippen molar-refractivity contribution in [1.29, 1.82) is 0 Å². The van der Waals surface area contributed by atoms with Crippen molar-refractivity contribution in [3.8, 4) is 0 Å². The van der Waals surface area contributed by atoms with E-state index in [-0.39, 0.29) is 27.7 Å². The zero-order valence-corrected chi connectivity index (χ0v) is 33.2. The van der Waals surface area contributed by atoms with Crippen LogP contribution < -0.4 is 0 Å². The van der Waals surface area contributed by atoms with Gasteiger partial charge in [0.2, 0.25) is 0 Å². The van der Waals surface area contributed by atoms with Crippen molar-refractivity contribution in [2.75, 3.05) is 0 Å². The van der Waals surface area contributed by atoms with Crippen molar-refractivity contribution in [3.63, 3.8) is 0 Å². The average molecular weight is 643 g/mol. The van der Waals surface area contributed by atoms with Gasteiger partial charge in [-0.3, -0.25) is 0 Å². The van der Waals surface area contributed by atoms with Crippen molar-refractivity contribution in [3.05, 3.63) is 47.6 Å². The fraction of sp³-hybridized carbons (Fsp3) is 0.795. The highest BCUT2D eigenvalue weighted by molar-refractivity contribution is 6.74. The number of hydrogen-bond donors (Lipinski definition) is 1. The summed E-state index contributed by atoms with van der Waals surface area (Å²) in [5.41, 5.74) is 5.15. The van der Waals surface area contributed by atoms with Crippen LogP contribution in [0.5, 0.6) is 0 Å². The molecular weight excluding hydrogens is 573 g/mol. The van der Waals surface area contributed by atoms with Gasteiger partial charge in [-0.2, -0.15) is 0 Å². The lowest BCUT2D eigenvalue weighted by Crippen LogP contribution is -2.49. The Morgan fingerprint density at radius 1 is 0.955 bits per heavy atom. The molecule has 252 valence electrons. The van der Waals surface area contributed by atoms with Crippen molar-refractivity contribution in [2.45, 2.75) is 181 Å². The monoisotopic (exact) mass is 642 g/mol. The molecule has 0 unspecified atom stereocenters. The van der Waals surface area contributed by atoms with Gasteiger partial charge in [-0.15, -0.1) is 0 Å². The molecule has 0 spiro atoms. The van der Waals surface area contributed by atoms with E-state index in [0.717, 1.165) is 25.7 Å². The Kier molecular flexibility index (Phi) is 11.5. The van der Waals surface area contributed by atoms with E-state index in [9.17, 15) is 5.11 Å². The lowest BCUT2D eigenvalue weighted by molar-refractivity contribution is 0.0524. The number of fused-ring (bicyclic) bond motifs is 1. The highest BCUT2D eigenvalue weighted by Gasteiger charge is 2.52. The Morgan fingerprint density at radius 3 is 2.09 bits per heavy atom. The van der Waals surface area contributed by atoms with Gasteiger partial charge in [0, 0.05) is 6.42 Å². The van der Waals surface area contributed by atoms with Gasteiger partial charge in [0.05, 0.1) is 17.8 Å². The van der Waals surface area contributed by atoms with Crippen LogP contribution in [0.1, 0.15) is 127 Å². The van der Waals surface area contributed by atoms with Crippen LogP contribution in [0.25, 0.3) is 0 Å². The lowest BCUT2D eigenvalue weighted by Gasteiger charge is -2.46. The molecule has 0 heterocycles. The molecule has 0 saturated heterocycles. The lowest BCUT2D eigenvalue weighted by atomic mass is 9.59. The van der Waals surface area contributed by atoms with Crippen molar-refractivity contribution < 1.29 is 14.0 Å². The maximum Gasteiger partial charge on any atom is 0.192 e. The van der Waals surface area contributed by atoms with Crippen molar-refractivity contribution >= 4 is 16.6 Å². The molecule has 5 atom stereocenters. The third-order valence-corrected chi connectivity index (χ3v) is 21.5. The molecule has 0 aliphatic heterocycles. The molecule has 3 nitrogen and oxygen atoms in total. The van der Waals surface area contributed by atoms with Crippen LogP contribution in [0.4, 0.5) is 0 Å². The van der Waals surface area contributed by atoms with E-state index in [1.54, 1.807) is 5.57 Å². The molecule has 5 heteroatoms. The van der Waals surface area contributed by atoms with Crippen LogP contribution in [0.2, 0.25) is 36.3 Å². The Balaban J connectivity index is 1.96. The molecule has 3 aliphatic rings. The maximum atomic E-state index is 10.5. The molecular formula is C39H70O3Si2. The Labute approximate surface area is 275 Å². The van der Waals surface area contributed by atoms with Gasteiger partial charge in [-0.1, -0.05) is 84.4 Å². The third kappa shape index (κ3) is 8.59. The van der Waals surface area contributed by atoms with Gasteiger partial charge >= 0.3 is 0 Å². The number of hydrogen-bond acceptors (Lipinski definition) is 3. The van der Waals surface area contributed by atoms with Crippen LogP contribution in [0.15, 0.2) is 47.6 Å². The molecule has 0 bridgehead atoms. The second-order valence-electron chi connectivity index (χ2n) is 18.5. The summed E-state index contributed by atoms with van der Waals surface area (Å²) in [7, 11) is -3.93. The first kappa shape index (κ1) is 37.7. The fourth-order valence-electron chi connectivity index (χ4n) is 7.88. The fourth-order valence-corrected chi connectivity index (χ4v) is 10.5. The minimum Gasteiger partial charge on any atom is -0.413 e. The van der Waals surface area contributed by atoms with Crippen molar-refractivity contribution in [1.82, 2.24) is 0 Å². The standard InChI is InChI=1S/C39H70O3Si2/c1-28(2)33-21-22-34-30(18-16-24-39(33,34)25-17-23-38(10,11)40)19-20-31-26-32(41-43(12,13)36(4,5)6)27-35(29(31)3)42-44(14,15)37(7,8)9/h19-20,32-35,40H,1,3,16-18,21-27H2,2,4-15H3/b30-19+,31-20-/t32-,33-,34+,35+,39+/m1/s1. The van der Waals surface area contributed by atoms with E-state index < -0.39 is 22.2 Å².